The Hall–Kier alpha value is -1.06. The maximum Gasteiger partial charge on any atom is 0.234 e. The van der Waals surface area contributed by atoms with Crippen molar-refractivity contribution < 1.29 is 4.79 Å². The van der Waals surface area contributed by atoms with Gasteiger partial charge in [0.15, 0.2) is 0 Å². The molecule has 1 aromatic carbocycles. The molecule has 0 aliphatic rings. The Morgan fingerprint density at radius 1 is 1.21 bits per heavy atom. The molecule has 0 aromatic heterocycles. The average molecular weight is 283 g/mol. The van der Waals surface area contributed by atoms with Crippen molar-refractivity contribution in [3.63, 3.8) is 0 Å². The third-order valence-electron chi connectivity index (χ3n) is 3.29. The van der Waals surface area contributed by atoms with Gasteiger partial charge in [-0.2, -0.15) is 0 Å². The molecule has 4 heteroatoms. The molecule has 0 spiro atoms. The van der Waals surface area contributed by atoms with E-state index in [2.05, 4.69) is 24.5 Å². The SMILES string of the molecule is CCC(CC)NC(=O)CNC(C)c1ccc(Cl)cc1. The van der Waals surface area contributed by atoms with E-state index in [9.17, 15) is 4.79 Å². The van der Waals surface area contributed by atoms with Crippen LogP contribution >= 0.6 is 11.6 Å². The van der Waals surface area contributed by atoms with Crippen LogP contribution in [0.1, 0.15) is 45.2 Å². The van der Waals surface area contributed by atoms with Crippen molar-refractivity contribution in [3.8, 4) is 0 Å². The number of nitrogens with one attached hydrogen (secondary N) is 2. The number of hydrogen-bond acceptors (Lipinski definition) is 2. The topological polar surface area (TPSA) is 41.1 Å². The Balaban J connectivity index is 2.39. The number of halogens is 1. The minimum absolute atomic E-state index is 0.0505. The molecule has 1 amide bonds. The first-order valence-electron chi connectivity index (χ1n) is 6.85. The fourth-order valence-corrected chi connectivity index (χ4v) is 2.01. The summed E-state index contributed by atoms with van der Waals surface area (Å²) in [6.45, 7) is 6.53. The van der Waals surface area contributed by atoms with Gasteiger partial charge in [-0.15, -0.1) is 0 Å². The van der Waals surface area contributed by atoms with E-state index in [-0.39, 0.29) is 18.0 Å². The second kappa shape index (κ2) is 8.18. The number of rotatable bonds is 7. The van der Waals surface area contributed by atoms with Gasteiger partial charge in [0.2, 0.25) is 5.91 Å². The minimum atomic E-state index is 0.0505. The Bertz CT molecular complexity index is 388. The molecule has 0 fully saturated rings. The standard InChI is InChI=1S/C15H23ClN2O/c1-4-14(5-2)18-15(19)10-17-11(3)12-6-8-13(16)9-7-12/h6-9,11,14,17H,4-5,10H2,1-3H3,(H,18,19). The summed E-state index contributed by atoms with van der Waals surface area (Å²) >= 11 is 5.85. The van der Waals surface area contributed by atoms with E-state index in [1.54, 1.807) is 0 Å². The lowest BCUT2D eigenvalue weighted by molar-refractivity contribution is -0.121. The monoisotopic (exact) mass is 282 g/mol. The molecule has 0 aliphatic heterocycles. The minimum Gasteiger partial charge on any atom is -0.352 e. The van der Waals surface area contributed by atoms with Gasteiger partial charge in [0.25, 0.3) is 0 Å². The highest BCUT2D eigenvalue weighted by atomic mass is 35.5. The second-order valence-electron chi connectivity index (χ2n) is 4.74. The van der Waals surface area contributed by atoms with E-state index in [4.69, 9.17) is 11.6 Å². The molecular weight excluding hydrogens is 260 g/mol. The summed E-state index contributed by atoms with van der Waals surface area (Å²) in [5.74, 6) is 0.0505. The van der Waals surface area contributed by atoms with E-state index < -0.39 is 0 Å². The van der Waals surface area contributed by atoms with Gasteiger partial charge >= 0.3 is 0 Å². The first-order valence-corrected chi connectivity index (χ1v) is 7.22. The normalized spacial score (nSPS) is 12.5. The molecule has 0 radical (unpaired) electrons. The summed E-state index contributed by atoms with van der Waals surface area (Å²) in [6, 6.07) is 8.07. The molecule has 1 aromatic rings. The van der Waals surface area contributed by atoms with Gasteiger partial charge in [0.05, 0.1) is 6.54 Å². The number of carbonyl (C=O) groups is 1. The van der Waals surface area contributed by atoms with E-state index in [0.717, 1.165) is 23.4 Å². The molecule has 1 unspecified atom stereocenters. The van der Waals surface area contributed by atoms with Crippen LogP contribution in [-0.4, -0.2) is 18.5 Å². The zero-order valence-electron chi connectivity index (χ0n) is 11.9. The first kappa shape index (κ1) is 16.0. The van der Waals surface area contributed by atoms with Gasteiger partial charge < -0.3 is 10.6 Å². The molecule has 0 saturated heterocycles. The molecule has 19 heavy (non-hydrogen) atoms. The van der Waals surface area contributed by atoms with Gasteiger partial charge in [-0.05, 0) is 37.5 Å². The highest BCUT2D eigenvalue weighted by Gasteiger charge is 2.10. The van der Waals surface area contributed by atoms with Gasteiger partial charge in [-0.1, -0.05) is 37.6 Å². The van der Waals surface area contributed by atoms with Crippen LogP contribution in [0, 0.1) is 0 Å². The Labute approximate surface area is 120 Å². The lowest BCUT2D eigenvalue weighted by Gasteiger charge is -2.17. The fraction of sp³-hybridized carbons (Fsp3) is 0.533. The van der Waals surface area contributed by atoms with Crippen LogP contribution in [0.5, 0.6) is 0 Å². The van der Waals surface area contributed by atoms with Gasteiger partial charge in [0, 0.05) is 17.1 Å². The summed E-state index contributed by atoms with van der Waals surface area (Å²) in [5.41, 5.74) is 1.12. The lowest BCUT2D eigenvalue weighted by atomic mass is 10.1. The molecule has 0 saturated carbocycles. The average Bonchev–Trinajstić information content (AvgIpc) is 2.43. The molecule has 0 heterocycles. The molecular formula is C15H23ClN2O. The second-order valence-corrected chi connectivity index (χ2v) is 5.17. The molecule has 0 aliphatic carbocycles. The van der Waals surface area contributed by atoms with Crippen molar-refractivity contribution in [2.45, 2.75) is 45.7 Å². The maximum absolute atomic E-state index is 11.8. The summed E-state index contributed by atoms with van der Waals surface area (Å²) in [7, 11) is 0. The highest BCUT2D eigenvalue weighted by molar-refractivity contribution is 6.30. The molecule has 3 nitrogen and oxygen atoms in total. The Morgan fingerprint density at radius 3 is 2.32 bits per heavy atom. The van der Waals surface area contributed by atoms with Crippen molar-refractivity contribution in [1.82, 2.24) is 10.6 Å². The maximum atomic E-state index is 11.8. The molecule has 1 rings (SSSR count). The predicted molar refractivity (Wildman–Crippen MR) is 80.4 cm³/mol. The fourth-order valence-electron chi connectivity index (χ4n) is 1.89. The number of amides is 1. The van der Waals surface area contributed by atoms with Crippen LogP contribution in [0.3, 0.4) is 0 Å². The highest BCUT2D eigenvalue weighted by Crippen LogP contribution is 2.15. The van der Waals surface area contributed by atoms with E-state index in [1.165, 1.54) is 0 Å². The zero-order valence-corrected chi connectivity index (χ0v) is 12.6. The predicted octanol–water partition coefficient (Wildman–Crippen LogP) is 3.30. The van der Waals surface area contributed by atoms with E-state index >= 15 is 0 Å². The third kappa shape index (κ3) is 5.62. The summed E-state index contributed by atoms with van der Waals surface area (Å²) in [6.07, 6.45) is 1.93. The van der Waals surface area contributed by atoms with Crippen LogP contribution < -0.4 is 10.6 Å². The summed E-state index contributed by atoms with van der Waals surface area (Å²) < 4.78 is 0. The number of benzene rings is 1. The van der Waals surface area contributed by atoms with Gasteiger partial charge in [-0.3, -0.25) is 4.79 Å². The van der Waals surface area contributed by atoms with Crippen LogP contribution in [-0.2, 0) is 4.79 Å². The largest absolute Gasteiger partial charge is 0.352 e. The third-order valence-corrected chi connectivity index (χ3v) is 3.54. The zero-order chi connectivity index (χ0) is 14.3. The van der Waals surface area contributed by atoms with E-state index in [1.807, 2.05) is 31.2 Å². The van der Waals surface area contributed by atoms with Crippen molar-refractivity contribution in [1.29, 1.82) is 0 Å². The van der Waals surface area contributed by atoms with Crippen molar-refractivity contribution in [2.75, 3.05) is 6.54 Å². The van der Waals surface area contributed by atoms with Crippen molar-refractivity contribution >= 4 is 17.5 Å². The summed E-state index contributed by atoms with van der Waals surface area (Å²) in [4.78, 5) is 11.8. The number of carbonyl (C=O) groups excluding carboxylic acids is 1. The Kier molecular flexibility index (Phi) is 6.89. The van der Waals surface area contributed by atoms with Crippen LogP contribution in [0.2, 0.25) is 5.02 Å². The van der Waals surface area contributed by atoms with Crippen LogP contribution in [0.25, 0.3) is 0 Å². The molecule has 1 atom stereocenters. The smallest absolute Gasteiger partial charge is 0.234 e. The van der Waals surface area contributed by atoms with Crippen LogP contribution in [0.15, 0.2) is 24.3 Å². The van der Waals surface area contributed by atoms with Gasteiger partial charge in [-0.25, -0.2) is 0 Å². The summed E-state index contributed by atoms with van der Waals surface area (Å²) in [5, 5.41) is 6.95. The van der Waals surface area contributed by atoms with Crippen molar-refractivity contribution in [3.05, 3.63) is 34.9 Å². The van der Waals surface area contributed by atoms with Gasteiger partial charge in [0.1, 0.15) is 0 Å². The molecule has 2 N–H and O–H groups in total. The lowest BCUT2D eigenvalue weighted by Crippen LogP contribution is -2.40. The molecule has 106 valence electrons. The number of hydrogen-bond donors (Lipinski definition) is 2. The van der Waals surface area contributed by atoms with Crippen molar-refractivity contribution in [2.24, 2.45) is 0 Å². The molecule has 0 bridgehead atoms. The Morgan fingerprint density at radius 2 is 1.79 bits per heavy atom. The quantitative estimate of drug-likeness (QED) is 0.806. The van der Waals surface area contributed by atoms with Crippen LogP contribution in [0.4, 0.5) is 0 Å². The first-order chi connectivity index (χ1) is 9.06. The van der Waals surface area contributed by atoms with E-state index in [0.29, 0.717) is 6.54 Å².